The minimum atomic E-state index is -0.847. The molecule has 1 aliphatic heterocycles. The summed E-state index contributed by atoms with van der Waals surface area (Å²) < 4.78 is 0.915. The molecule has 0 aromatic heterocycles. The van der Waals surface area contributed by atoms with Gasteiger partial charge in [0.25, 0.3) is 0 Å². The molecule has 1 aromatic carbocycles. The van der Waals surface area contributed by atoms with E-state index in [1.807, 2.05) is 19.1 Å². The minimum Gasteiger partial charge on any atom is -0.277 e. The van der Waals surface area contributed by atoms with E-state index in [0.29, 0.717) is 5.69 Å². The largest absolute Gasteiger partial charge is 0.335 e. The standard InChI is InChI=1S/C12H11IN2O3/c1-6-3-4-8(13)5-9(6)15-11(17)7(2)10(16)14-12(15)18/h3-5,7H,1-2H3,(H,14,16,18). The summed E-state index contributed by atoms with van der Waals surface area (Å²) in [4.78, 5) is 36.2. The van der Waals surface area contributed by atoms with Gasteiger partial charge in [-0.3, -0.25) is 14.9 Å². The maximum atomic E-state index is 12.1. The van der Waals surface area contributed by atoms with Gasteiger partial charge >= 0.3 is 6.03 Å². The zero-order valence-corrected chi connectivity index (χ0v) is 12.0. The second-order valence-corrected chi connectivity index (χ2v) is 5.37. The molecule has 1 aromatic rings. The van der Waals surface area contributed by atoms with Crippen LogP contribution < -0.4 is 10.2 Å². The lowest BCUT2D eigenvalue weighted by atomic mass is 10.1. The lowest BCUT2D eigenvalue weighted by molar-refractivity contribution is -0.133. The molecule has 0 spiro atoms. The van der Waals surface area contributed by atoms with Crippen LogP contribution in [0.15, 0.2) is 18.2 Å². The number of hydrogen-bond donors (Lipinski definition) is 1. The summed E-state index contributed by atoms with van der Waals surface area (Å²) in [5.74, 6) is -1.89. The molecule has 1 saturated heterocycles. The number of carbonyl (C=O) groups is 3. The summed E-state index contributed by atoms with van der Waals surface area (Å²) >= 11 is 2.11. The first-order valence-corrected chi connectivity index (χ1v) is 6.44. The maximum absolute atomic E-state index is 12.1. The Balaban J connectivity index is 2.49. The van der Waals surface area contributed by atoms with Gasteiger partial charge in [-0.25, -0.2) is 9.69 Å². The number of barbiturate groups is 1. The highest BCUT2D eigenvalue weighted by atomic mass is 127. The van der Waals surface area contributed by atoms with Gasteiger partial charge in [0.1, 0.15) is 5.92 Å². The number of imide groups is 2. The number of halogens is 1. The van der Waals surface area contributed by atoms with E-state index in [1.54, 1.807) is 6.07 Å². The zero-order chi connectivity index (χ0) is 13.4. The molecule has 1 atom stereocenters. The lowest BCUT2D eigenvalue weighted by Crippen LogP contribution is -2.57. The number of anilines is 1. The van der Waals surface area contributed by atoms with Gasteiger partial charge in [-0.05, 0) is 54.1 Å². The Bertz CT molecular complexity index is 556. The molecule has 94 valence electrons. The molecule has 0 bridgehead atoms. The Labute approximate surface area is 118 Å². The smallest absolute Gasteiger partial charge is 0.277 e. The molecular formula is C12H11IN2O3. The summed E-state index contributed by atoms with van der Waals surface area (Å²) in [6.45, 7) is 3.30. The van der Waals surface area contributed by atoms with E-state index in [4.69, 9.17) is 0 Å². The van der Waals surface area contributed by atoms with Crippen LogP contribution in [0.3, 0.4) is 0 Å². The molecule has 1 unspecified atom stereocenters. The number of benzene rings is 1. The minimum absolute atomic E-state index is 0.492. The van der Waals surface area contributed by atoms with E-state index in [-0.39, 0.29) is 0 Å². The Morgan fingerprint density at radius 1 is 1.28 bits per heavy atom. The van der Waals surface area contributed by atoms with Crippen molar-refractivity contribution in [1.29, 1.82) is 0 Å². The van der Waals surface area contributed by atoms with Crippen LogP contribution in [0.4, 0.5) is 10.5 Å². The van der Waals surface area contributed by atoms with Gasteiger partial charge in [-0.1, -0.05) is 6.07 Å². The lowest BCUT2D eigenvalue weighted by Gasteiger charge is -2.29. The van der Waals surface area contributed by atoms with Gasteiger partial charge in [0.15, 0.2) is 0 Å². The fraction of sp³-hybridized carbons (Fsp3) is 0.250. The van der Waals surface area contributed by atoms with E-state index in [1.165, 1.54) is 6.92 Å². The first-order valence-electron chi connectivity index (χ1n) is 5.36. The summed E-state index contributed by atoms with van der Waals surface area (Å²) in [5, 5.41) is 2.18. The van der Waals surface area contributed by atoms with Gasteiger partial charge in [0, 0.05) is 3.57 Å². The molecule has 1 fully saturated rings. The highest BCUT2D eigenvalue weighted by molar-refractivity contribution is 14.1. The van der Waals surface area contributed by atoms with Crippen molar-refractivity contribution in [3.63, 3.8) is 0 Å². The van der Waals surface area contributed by atoms with E-state index < -0.39 is 23.8 Å². The number of carbonyl (C=O) groups excluding carboxylic acids is 3. The van der Waals surface area contributed by atoms with Gasteiger partial charge in [0.05, 0.1) is 5.69 Å². The van der Waals surface area contributed by atoms with E-state index in [0.717, 1.165) is 14.0 Å². The second-order valence-electron chi connectivity index (χ2n) is 4.12. The third-order valence-electron chi connectivity index (χ3n) is 2.83. The first-order chi connectivity index (χ1) is 8.41. The highest BCUT2D eigenvalue weighted by Gasteiger charge is 2.38. The molecule has 0 radical (unpaired) electrons. The Hall–Kier alpha value is -1.44. The first kappa shape index (κ1) is 13.0. The van der Waals surface area contributed by atoms with Crippen LogP contribution in [-0.2, 0) is 9.59 Å². The molecule has 2 rings (SSSR count). The summed E-state index contributed by atoms with van der Waals surface area (Å²) in [5.41, 5.74) is 1.32. The number of aryl methyl sites for hydroxylation is 1. The van der Waals surface area contributed by atoms with Crippen molar-refractivity contribution in [2.45, 2.75) is 13.8 Å². The average molecular weight is 358 g/mol. The van der Waals surface area contributed by atoms with Crippen molar-refractivity contribution >= 4 is 46.1 Å². The zero-order valence-electron chi connectivity index (χ0n) is 9.86. The van der Waals surface area contributed by atoms with Crippen LogP contribution in [0.5, 0.6) is 0 Å². The number of hydrogen-bond acceptors (Lipinski definition) is 3. The molecule has 0 aliphatic carbocycles. The van der Waals surface area contributed by atoms with E-state index >= 15 is 0 Å². The van der Waals surface area contributed by atoms with Gasteiger partial charge < -0.3 is 0 Å². The molecule has 18 heavy (non-hydrogen) atoms. The Kier molecular flexibility index (Phi) is 3.38. The SMILES string of the molecule is Cc1ccc(I)cc1N1C(=O)NC(=O)C(C)C1=O. The van der Waals surface area contributed by atoms with Crippen LogP contribution >= 0.6 is 22.6 Å². The van der Waals surface area contributed by atoms with Crippen LogP contribution in [0.25, 0.3) is 0 Å². The topological polar surface area (TPSA) is 66.5 Å². The molecule has 1 N–H and O–H groups in total. The number of urea groups is 1. The third kappa shape index (κ3) is 2.12. The molecule has 6 heteroatoms. The summed E-state index contributed by atoms with van der Waals surface area (Å²) in [6.07, 6.45) is 0. The molecule has 4 amide bonds. The van der Waals surface area contributed by atoms with Gasteiger partial charge in [0.2, 0.25) is 11.8 Å². The van der Waals surface area contributed by atoms with Gasteiger partial charge in [-0.15, -0.1) is 0 Å². The average Bonchev–Trinajstić information content (AvgIpc) is 2.31. The Morgan fingerprint density at radius 2 is 1.94 bits per heavy atom. The van der Waals surface area contributed by atoms with Crippen molar-refractivity contribution in [1.82, 2.24) is 5.32 Å². The highest BCUT2D eigenvalue weighted by Crippen LogP contribution is 2.26. The normalized spacial score (nSPS) is 20.1. The monoisotopic (exact) mass is 358 g/mol. The predicted molar refractivity (Wildman–Crippen MR) is 74.1 cm³/mol. The van der Waals surface area contributed by atoms with Crippen molar-refractivity contribution in [2.75, 3.05) is 4.90 Å². The molecule has 1 heterocycles. The quantitative estimate of drug-likeness (QED) is 0.615. The van der Waals surface area contributed by atoms with Crippen LogP contribution in [0.1, 0.15) is 12.5 Å². The van der Waals surface area contributed by atoms with Crippen molar-refractivity contribution in [3.8, 4) is 0 Å². The number of amides is 4. The third-order valence-corrected chi connectivity index (χ3v) is 3.50. The van der Waals surface area contributed by atoms with Crippen molar-refractivity contribution in [3.05, 3.63) is 27.3 Å². The molecular weight excluding hydrogens is 347 g/mol. The van der Waals surface area contributed by atoms with Crippen LogP contribution in [0.2, 0.25) is 0 Å². The fourth-order valence-corrected chi connectivity index (χ4v) is 2.20. The molecule has 1 aliphatic rings. The summed E-state index contributed by atoms with van der Waals surface area (Å²) in [7, 11) is 0. The van der Waals surface area contributed by atoms with E-state index in [9.17, 15) is 14.4 Å². The van der Waals surface area contributed by atoms with Crippen molar-refractivity contribution < 1.29 is 14.4 Å². The number of rotatable bonds is 1. The van der Waals surface area contributed by atoms with Gasteiger partial charge in [-0.2, -0.15) is 0 Å². The predicted octanol–water partition coefficient (Wildman–Crippen LogP) is 1.82. The van der Waals surface area contributed by atoms with Crippen LogP contribution in [0, 0.1) is 16.4 Å². The van der Waals surface area contributed by atoms with E-state index in [2.05, 4.69) is 27.9 Å². The van der Waals surface area contributed by atoms with Crippen molar-refractivity contribution in [2.24, 2.45) is 5.92 Å². The van der Waals surface area contributed by atoms with Crippen LogP contribution in [-0.4, -0.2) is 17.8 Å². The summed E-state index contributed by atoms with van der Waals surface area (Å²) in [6, 6.07) is 4.78. The molecule has 0 saturated carbocycles. The fourth-order valence-electron chi connectivity index (χ4n) is 1.73. The Morgan fingerprint density at radius 3 is 2.61 bits per heavy atom. The number of nitrogens with zero attached hydrogens (tertiary/aromatic N) is 1. The molecule has 5 nitrogen and oxygen atoms in total. The maximum Gasteiger partial charge on any atom is 0.335 e. The second kappa shape index (κ2) is 4.68. The number of nitrogens with one attached hydrogen (secondary N) is 1.